The van der Waals surface area contributed by atoms with Crippen LogP contribution >= 0.6 is 0 Å². The zero-order valence-corrected chi connectivity index (χ0v) is 28.5. The lowest BCUT2D eigenvalue weighted by Gasteiger charge is -2.10. The van der Waals surface area contributed by atoms with Crippen molar-refractivity contribution in [2.24, 2.45) is 0 Å². The quantitative estimate of drug-likeness (QED) is 0.101. The number of hydrogen-bond donors (Lipinski definition) is 1. The summed E-state index contributed by atoms with van der Waals surface area (Å²) in [7, 11) is 3.06. The second-order valence-electron chi connectivity index (χ2n) is 11.3. The third-order valence-corrected chi connectivity index (χ3v) is 7.99. The number of ether oxygens (including phenoxy) is 6. The highest BCUT2D eigenvalue weighted by Gasteiger charge is 2.13. The number of rotatable bonds is 18. The normalized spacial score (nSPS) is 11.2. The van der Waals surface area contributed by atoms with Crippen molar-refractivity contribution < 1.29 is 37.3 Å². The molecule has 0 bridgehead atoms. The standard InChI is InChI=1S/C40H39NO10/c1-44-33-5-3-7-35-39(33)31(42)25-37(50-35)27-9-13-29(14-10-27)48-23-21-46-19-17-41-18-20-47-22-24-49-30-15-11-28(12-16-30)38-26-32(43)40-34(45-2)6-4-8-36(40)51-38/h3-16,25-26,41H,17-24H2,1-2H3. The zero-order valence-electron chi connectivity index (χ0n) is 28.5. The molecule has 0 aliphatic carbocycles. The molecule has 2 aromatic heterocycles. The van der Waals surface area contributed by atoms with E-state index in [0.29, 0.717) is 109 Å². The van der Waals surface area contributed by atoms with Crippen molar-refractivity contribution >= 4 is 21.9 Å². The Hall–Kier alpha value is -5.62. The van der Waals surface area contributed by atoms with Crippen molar-refractivity contribution in [3.05, 3.63) is 118 Å². The summed E-state index contributed by atoms with van der Waals surface area (Å²) in [5, 5.41) is 4.13. The van der Waals surface area contributed by atoms with E-state index in [0.717, 1.165) is 11.1 Å². The minimum absolute atomic E-state index is 0.160. The number of fused-ring (bicyclic) bond motifs is 2. The van der Waals surface area contributed by atoms with Crippen LogP contribution in [0.2, 0.25) is 0 Å². The van der Waals surface area contributed by atoms with Crippen LogP contribution in [0.4, 0.5) is 0 Å². The molecular formula is C40H39NO10. The van der Waals surface area contributed by atoms with Gasteiger partial charge in [-0.3, -0.25) is 9.59 Å². The van der Waals surface area contributed by atoms with Crippen LogP contribution in [0.1, 0.15) is 0 Å². The third kappa shape index (κ3) is 8.95. The van der Waals surface area contributed by atoms with Gasteiger partial charge in [-0.05, 0) is 72.8 Å². The number of hydrogen-bond acceptors (Lipinski definition) is 11. The predicted molar refractivity (Wildman–Crippen MR) is 194 cm³/mol. The molecule has 0 radical (unpaired) electrons. The lowest BCUT2D eigenvalue weighted by molar-refractivity contribution is 0.0906. The molecule has 0 saturated heterocycles. The fourth-order valence-corrected chi connectivity index (χ4v) is 5.47. The highest BCUT2D eigenvalue weighted by Crippen LogP contribution is 2.29. The van der Waals surface area contributed by atoms with Crippen LogP contribution in [0.3, 0.4) is 0 Å². The molecular weight excluding hydrogens is 654 g/mol. The summed E-state index contributed by atoms with van der Waals surface area (Å²) in [4.78, 5) is 25.4. The molecule has 6 aromatic rings. The lowest BCUT2D eigenvalue weighted by Crippen LogP contribution is -2.25. The van der Waals surface area contributed by atoms with Crippen molar-refractivity contribution in [1.29, 1.82) is 0 Å². The number of benzene rings is 4. The van der Waals surface area contributed by atoms with Gasteiger partial charge >= 0.3 is 0 Å². The first-order valence-corrected chi connectivity index (χ1v) is 16.6. The minimum Gasteiger partial charge on any atom is -0.496 e. The van der Waals surface area contributed by atoms with Crippen LogP contribution in [-0.4, -0.2) is 67.0 Å². The minimum atomic E-state index is -0.160. The maximum absolute atomic E-state index is 12.7. The molecule has 0 saturated carbocycles. The summed E-state index contributed by atoms with van der Waals surface area (Å²) in [6, 6.07) is 28.2. The van der Waals surface area contributed by atoms with E-state index in [2.05, 4.69) is 5.32 Å². The van der Waals surface area contributed by atoms with Crippen LogP contribution in [0.25, 0.3) is 44.6 Å². The molecule has 51 heavy (non-hydrogen) atoms. The monoisotopic (exact) mass is 693 g/mol. The van der Waals surface area contributed by atoms with Gasteiger partial charge in [0.1, 0.15) is 69.7 Å². The highest BCUT2D eigenvalue weighted by molar-refractivity contribution is 5.85. The first-order chi connectivity index (χ1) is 25.0. The summed E-state index contributed by atoms with van der Waals surface area (Å²) in [6.45, 7) is 4.19. The van der Waals surface area contributed by atoms with Crippen LogP contribution in [0, 0.1) is 0 Å². The fraction of sp³-hybridized carbons (Fsp3) is 0.250. The molecule has 0 aliphatic heterocycles. The van der Waals surface area contributed by atoms with Gasteiger partial charge in [0.05, 0.1) is 40.6 Å². The van der Waals surface area contributed by atoms with Gasteiger partial charge in [0.25, 0.3) is 0 Å². The van der Waals surface area contributed by atoms with Crippen LogP contribution in [0.5, 0.6) is 23.0 Å². The van der Waals surface area contributed by atoms with E-state index in [1.807, 2.05) is 48.5 Å². The first kappa shape index (κ1) is 35.2. The van der Waals surface area contributed by atoms with E-state index >= 15 is 0 Å². The Morgan fingerprint density at radius 3 is 1.37 bits per heavy atom. The second-order valence-corrected chi connectivity index (χ2v) is 11.3. The van der Waals surface area contributed by atoms with Crippen molar-refractivity contribution in [3.8, 4) is 45.6 Å². The Balaban J connectivity index is 0.808. The average Bonchev–Trinajstić information content (AvgIpc) is 3.16. The average molecular weight is 694 g/mol. The van der Waals surface area contributed by atoms with E-state index in [1.54, 1.807) is 36.4 Å². The van der Waals surface area contributed by atoms with Crippen molar-refractivity contribution in [2.75, 3.05) is 67.0 Å². The molecule has 11 nitrogen and oxygen atoms in total. The summed E-state index contributed by atoms with van der Waals surface area (Å²) >= 11 is 0. The topological polar surface area (TPSA) is 128 Å². The molecule has 0 unspecified atom stereocenters. The van der Waals surface area contributed by atoms with E-state index < -0.39 is 0 Å². The number of nitrogens with one attached hydrogen (secondary N) is 1. The van der Waals surface area contributed by atoms with E-state index in [9.17, 15) is 9.59 Å². The molecule has 0 spiro atoms. The third-order valence-electron chi connectivity index (χ3n) is 7.99. The van der Waals surface area contributed by atoms with Crippen LogP contribution in [-0.2, 0) is 9.47 Å². The van der Waals surface area contributed by atoms with Crippen LogP contribution < -0.4 is 35.1 Å². The molecule has 0 atom stereocenters. The maximum Gasteiger partial charge on any atom is 0.197 e. The fourth-order valence-electron chi connectivity index (χ4n) is 5.47. The predicted octanol–water partition coefficient (Wildman–Crippen LogP) is 6.33. The first-order valence-electron chi connectivity index (χ1n) is 16.6. The van der Waals surface area contributed by atoms with Gasteiger partial charge in [0.2, 0.25) is 0 Å². The maximum atomic E-state index is 12.7. The van der Waals surface area contributed by atoms with Gasteiger partial charge in [-0.25, -0.2) is 0 Å². The Morgan fingerprint density at radius 2 is 0.961 bits per heavy atom. The van der Waals surface area contributed by atoms with E-state index in [1.165, 1.54) is 26.4 Å². The molecule has 0 fully saturated rings. The Bertz CT molecular complexity index is 2000. The van der Waals surface area contributed by atoms with Gasteiger partial charge < -0.3 is 42.6 Å². The van der Waals surface area contributed by atoms with Crippen LogP contribution in [0.15, 0.2) is 115 Å². The van der Waals surface area contributed by atoms with E-state index in [-0.39, 0.29) is 10.9 Å². The Kier molecular flexibility index (Phi) is 12.0. The molecule has 4 aromatic carbocycles. The Labute approximate surface area is 294 Å². The largest absolute Gasteiger partial charge is 0.496 e. The number of methoxy groups -OCH3 is 2. The molecule has 6 rings (SSSR count). The summed E-state index contributed by atoms with van der Waals surface area (Å²) in [5.74, 6) is 3.32. The van der Waals surface area contributed by atoms with Gasteiger partial charge in [0.15, 0.2) is 10.9 Å². The summed E-state index contributed by atoms with van der Waals surface area (Å²) in [6.07, 6.45) is 0. The SMILES string of the molecule is COc1cccc2oc(-c3ccc(OCCOCCNCCOCCOc4ccc(-c5cc(=O)c6c(OC)cccc6o5)cc4)cc3)cc(=O)c12. The smallest absolute Gasteiger partial charge is 0.197 e. The molecule has 264 valence electrons. The molecule has 0 amide bonds. The zero-order chi connectivity index (χ0) is 35.4. The molecule has 1 N–H and O–H groups in total. The van der Waals surface area contributed by atoms with Gasteiger partial charge in [0, 0.05) is 36.3 Å². The summed E-state index contributed by atoms with van der Waals surface area (Å²) < 4.78 is 45.4. The second kappa shape index (κ2) is 17.3. The van der Waals surface area contributed by atoms with Crippen molar-refractivity contribution in [1.82, 2.24) is 5.32 Å². The molecule has 11 heteroatoms. The van der Waals surface area contributed by atoms with Gasteiger partial charge in [-0.1, -0.05) is 12.1 Å². The molecule has 0 aliphatic rings. The van der Waals surface area contributed by atoms with Gasteiger partial charge in [-0.15, -0.1) is 0 Å². The van der Waals surface area contributed by atoms with Crippen molar-refractivity contribution in [2.45, 2.75) is 0 Å². The van der Waals surface area contributed by atoms with E-state index in [4.69, 9.17) is 37.3 Å². The highest BCUT2D eigenvalue weighted by atomic mass is 16.5. The van der Waals surface area contributed by atoms with Crippen molar-refractivity contribution in [3.63, 3.8) is 0 Å². The molecule has 2 heterocycles. The summed E-state index contributed by atoms with van der Waals surface area (Å²) in [5.41, 5.74) is 2.17. The van der Waals surface area contributed by atoms with Gasteiger partial charge in [-0.2, -0.15) is 0 Å². The Morgan fingerprint density at radius 1 is 0.529 bits per heavy atom. The lowest BCUT2D eigenvalue weighted by atomic mass is 10.1.